The molecule has 1 aliphatic rings. The van der Waals surface area contributed by atoms with Crippen LogP contribution in [0.1, 0.15) is 40.0 Å². The topological polar surface area (TPSA) is 3.24 Å². The van der Waals surface area contributed by atoms with E-state index in [0.29, 0.717) is 5.41 Å². The fourth-order valence-electron chi connectivity index (χ4n) is 2.34. The molecule has 14 heavy (non-hydrogen) atoms. The zero-order chi connectivity index (χ0) is 10.6. The Bertz CT molecular complexity index is 158. The van der Waals surface area contributed by atoms with E-state index in [1.807, 2.05) is 0 Å². The van der Waals surface area contributed by atoms with Gasteiger partial charge in [0.2, 0.25) is 0 Å². The molecule has 1 saturated carbocycles. The second-order valence-corrected chi connectivity index (χ2v) is 5.55. The number of nitrogens with zero attached hydrogens (tertiary/aromatic N) is 1. The highest BCUT2D eigenvalue weighted by Gasteiger charge is 2.36. The second kappa shape index (κ2) is 5.41. The summed E-state index contributed by atoms with van der Waals surface area (Å²) in [6.45, 7) is 10.6. The normalized spacial score (nSPS) is 20.1. The van der Waals surface area contributed by atoms with Crippen molar-refractivity contribution in [1.29, 1.82) is 0 Å². The number of thiol groups is 1. The van der Waals surface area contributed by atoms with Crippen molar-refractivity contribution in [2.24, 2.45) is 11.3 Å². The summed E-state index contributed by atoms with van der Waals surface area (Å²) in [5.41, 5.74) is 0.564. The fraction of sp³-hybridized carbons (Fsp3) is 1.00. The first-order valence-corrected chi connectivity index (χ1v) is 6.58. The fourth-order valence-corrected chi connectivity index (χ4v) is 2.76. The summed E-state index contributed by atoms with van der Waals surface area (Å²) in [5.74, 6) is 1.86. The van der Waals surface area contributed by atoms with Gasteiger partial charge in [0.05, 0.1) is 0 Å². The smallest absolute Gasteiger partial charge is 0.00458 e. The third kappa shape index (κ3) is 3.16. The summed E-state index contributed by atoms with van der Waals surface area (Å²) in [4.78, 5) is 2.60. The lowest BCUT2D eigenvalue weighted by atomic mass is 9.70. The maximum absolute atomic E-state index is 4.51. The highest BCUT2D eigenvalue weighted by molar-refractivity contribution is 7.80. The quantitative estimate of drug-likeness (QED) is 0.667. The van der Waals surface area contributed by atoms with E-state index in [0.717, 1.165) is 11.7 Å². The standard InChI is InChI=1S/C12H25NS/c1-4-13(8-11(2)3)9-12(10-14)6-5-7-12/h11,14H,4-10H2,1-3H3. The molecule has 0 bridgehead atoms. The highest BCUT2D eigenvalue weighted by Crippen LogP contribution is 2.42. The third-order valence-corrected chi connectivity index (χ3v) is 4.05. The molecule has 0 radical (unpaired) electrons. The van der Waals surface area contributed by atoms with Gasteiger partial charge in [-0.2, -0.15) is 12.6 Å². The molecule has 2 heteroatoms. The summed E-state index contributed by atoms with van der Waals surface area (Å²) in [6.07, 6.45) is 4.20. The van der Waals surface area contributed by atoms with Crippen molar-refractivity contribution >= 4 is 12.6 Å². The molecule has 1 fully saturated rings. The molecule has 1 rings (SSSR count). The molecule has 0 amide bonds. The molecule has 0 aromatic rings. The van der Waals surface area contributed by atoms with E-state index in [9.17, 15) is 0 Å². The van der Waals surface area contributed by atoms with Crippen LogP contribution in [-0.4, -0.2) is 30.3 Å². The van der Waals surface area contributed by atoms with Gasteiger partial charge in [-0.15, -0.1) is 0 Å². The van der Waals surface area contributed by atoms with E-state index < -0.39 is 0 Å². The monoisotopic (exact) mass is 215 g/mol. The Morgan fingerprint density at radius 1 is 1.36 bits per heavy atom. The Hall–Kier alpha value is 0.310. The summed E-state index contributed by atoms with van der Waals surface area (Å²) in [5, 5.41) is 0. The van der Waals surface area contributed by atoms with Crippen LogP contribution < -0.4 is 0 Å². The molecule has 0 spiro atoms. The molecule has 0 N–H and O–H groups in total. The van der Waals surface area contributed by atoms with Crippen LogP contribution in [0.2, 0.25) is 0 Å². The van der Waals surface area contributed by atoms with Crippen molar-refractivity contribution in [3.63, 3.8) is 0 Å². The largest absolute Gasteiger partial charge is 0.303 e. The van der Waals surface area contributed by atoms with E-state index in [1.54, 1.807) is 0 Å². The van der Waals surface area contributed by atoms with Crippen LogP contribution in [0.25, 0.3) is 0 Å². The number of hydrogen-bond donors (Lipinski definition) is 1. The van der Waals surface area contributed by atoms with Crippen LogP contribution in [0.15, 0.2) is 0 Å². The van der Waals surface area contributed by atoms with Crippen molar-refractivity contribution < 1.29 is 0 Å². The van der Waals surface area contributed by atoms with Gasteiger partial charge in [-0.05, 0) is 36.5 Å². The van der Waals surface area contributed by atoms with Gasteiger partial charge in [0.15, 0.2) is 0 Å². The van der Waals surface area contributed by atoms with Crippen LogP contribution in [0.5, 0.6) is 0 Å². The van der Waals surface area contributed by atoms with E-state index in [4.69, 9.17) is 0 Å². The van der Waals surface area contributed by atoms with Gasteiger partial charge in [-0.1, -0.05) is 27.2 Å². The predicted molar refractivity (Wildman–Crippen MR) is 67.1 cm³/mol. The maximum Gasteiger partial charge on any atom is 0.00458 e. The molecule has 1 aliphatic carbocycles. The van der Waals surface area contributed by atoms with Crippen LogP contribution >= 0.6 is 12.6 Å². The molecular formula is C12H25NS. The molecule has 1 nitrogen and oxygen atoms in total. The van der Waals surface area contributed by atoms with Crippen molar-refractivity contribution in [3.05, 3.63) is 0 Å². The lowest BCUT2D eigenvalue weighted by Gasteiger charge is -2.44. The molecule has 0 heterocycles. The predicted octanol–water partition coefficient (Wildman–Crippen LogP) is 3.06. The van der Waals surface area contributed by atoms with E-state index in [1.165, 1.54) is 38.9 Å². The lowest BCUT2D eigenvalue weighted by molar-refractivity contribution is 0.0866. The van der Waals surface area contributed by atoms with Gasteiger partial charge in [-0.3, -0.25) is 0 Å². The van der Waals surface area contributed by atoms with Crippen LogP contribution in [0, 0.1) is 11.3 Å². The summed E-state index contributed by atoms with van der Waals surface area (Å²) in [7, 11) is 0. The van der Waals surface area contributed by atoms with Gasteiger partial charge >= 0.3 is 0 Å². The Labute approximate surface area is 94.7 Å². The van der Waals surface area contributed by atoms with Crippen molar-refractivity contribution in [2.45, 2.75) is 40.0 Å². The zero-order valence-corrected chi connectivity index (χ0v) is 10.8. The average molecular weight is 215 g/mol. The molecular weight excluding hydrogens is 190 g/mol. The molecule has 0 atom stereocenters. The van der Waals surface area contributed by atoms with Crippen molar-refractivity contribution in [3.8, 4) is 0 Å². The lowest BCUT2D eigenvalue weighted by Crippen LogP contribution is -2.44. The minimum absolute atomic E-state index is 0.564. The SMILES string of the molecule is CCN(CC(C)C)CC1(CS)CCC1. The van der Waals surface area contributed by atoms with E-state index >= 15 is 0 Å². The van der Waals surface area contributed by atoms with Crippen LogP contribution in [-0.2, 0) is 0 Å². The minimum atomic E-state index is 0.564. The zero-order valence-electron chi connectivity index (χ0n) is 9.92. The van der Waals surface area contributed by atoms with Gasteiger partial charge in [0.1, 0.15) is 0 Å². The number of rotatable bonds is 6. The van der Waals surface area contributed by atoms with Crippen molar-refractivity contribution in [2.75, 3.05) is 25.4 Å². The highest BCUT2D eigenvalue weighted by atomic mass is 32.1. The van der Waals surface area contributed by atoms with E-state index in [-0.39, 0.29) is 0 Å². The first-order valence-electron chi connectivity index (χ1n) is 5.95. The Morgan fingerprint density at radius 3 is 2.29 bits per heavy atom. The molecule has 84 valence electrons. The van der Waals surface area contributed by atoms with Crippen LogP contribution in [0.3, 0.4) is 0 Å². The molecule has 0 unspecified atom stereocenters. The number of hydrogen-bond acceptors (Lipinski definition) is 2. The maximum atomic E-state index is 4.51. The first-order chi connectivity index (χ1) is 6.62. The summed E-state index contributed by atoms with van der Waals surface area (Å²) in [6, 6.07) is 0. The van der Waals surface area contributed by atoms with E-state index in [2.05, 4.69) is 38.3 Å². The Balaban J connectivity index is 2.38. The molecule has 0 aromatic carbocycles. The molecule has 0 aromatic heterocycles. The molecule has 0 saturated heterocycles. The summed E-state index contributed by atoms with van der Waals surface area (Å²) < 4.78 is 0. The molecule has 0 aliphatic heterocycles. The third-order valence-electron chi connectivity index (χ3n) is 3.38. The van der Waals surface area contributed by atoms with Gasteiger partial charge in [0.25, 0.3) is 0 Å². The van der Waals surface area contributed by atoms with Crippen LogP contribution in [0.4, 0.5) is 0 Å². The van der Waals surface area contributed by atoms with Crippen molar-refractivity contribution in [1.82, 2.24) is 4.90 Å². The van der Waals surface area contributed by atoms with Gasteiger partial charge in [0, 0.05) is 13.1 Å². The summed E-state index contributed by atoms with van der Waals surface area (Å²) >= 11 is 4.51. The first kappa shape index (κ1) is 12.4. The van der Waals surface area contributed by atoms with Gasteiger partial charge in [-0.25, -0.2) is 0 Å². The minimum Gasteiger partial charge on any atom is -0.303 e. The Kier molecular flexibility index (Phi) is 4.78. The second-order valence-electron chi connectivity index (χ2n) is 5.23. The van der Waals surface area contributed by atoms with Gasteiger partial charge < -0.3 is 4.90 Å². The Morgan fingerprint density at radius 2 is 2.00 bits per heavy atom. The average Bonchev–Trinajstić information content (AvgIpc) is 2.08.